The minimum atomic E-state index is -0.928. The van der Waals surface area contributed by atoms with Gasteiger partial charge >= 0.3 is 158 Å². The predicted molar refractivity (Wildman–Crippen MR) is 111 cm³/mol. The van der Waals surface area contributed by atoms with E-state index in [1.165, 1.54) is 13.2 Å². The van der Waals surface area contributed by atoms with Crippen molar-refractivity contribution in [2.24, 2.45) is 0 Å². The van der Waals surface area contributed by atoms with Gasteiger partial charge in [0.2, 0.25) is 0 Å². The van der Waals surface area contributed by atoms with E-state index in [1.54, 1.807) is 0 Å². The number of hydrogen-bond acceptors (Lipinski definition) is 3. The van der Waals surface area contributed by atoms with Crippen LogP contribution in [-0.4, -0.2) is 63.1 Å². The molecule has 2 radical (unpaired) electrons. The number of aromatic nitrogens is 1. The third-order valence-electron chi connectivity index (χ3n) is 4.47. The van der Waals surface area contributed by atoms with E-state index in [-0.39, 0.29) is 11.6 Å². The van der Waals surface area contributed by atoms with Crippen LogP contribution >= 0.6 is 0 Å². The van der Waals surface area contributed by atoms with Gasteiger partial charge < -0.3 is 0 Å². The Morgan fingerprint density at radius 1 is 1.26 bits per heavy atom. The number of allylic oxidation sites excluding steroid dienone is 1. The Bertz CT molecular complexity index is 805. The first-order valence-electron chi connectivity index (χ1n) is 9.54. The number of carbonyl (C=O) groups excluding carboxylic acids is 1. The van der Waals surface area contributed by atoms with Gasteiger partial charge in [-0.15, -0.1) is 0 Å². The summed E-state index contributed by atoms with van der Waals surface area (Å²) in [6, 6.07) is 6.95. The van der Waals surface area contributed by atoms with E-state index >= 15 is 0 Å². The molecule has 6 heteroatoms. The fourth-order valence-corrected chi connectivity index (χ4v) is 6.23. The number of rotatable bonds is 10. The fraction of sp³-hybridized carbons (Fsp3) is 0.429. The van der Waals surface area contributed by atoms with Gasteiger partial charge in [0, 0.05) is 0 Å². The molecule has 1 aromatic carbocycles. The van der Waals surface area contributed by atoms with E-state index < -0.39 is 27.0 Å². The van der Waals surface area contributed by atoms with E-state index in [2.05, 4.69) is 42.6 Å². The number of pyridine rings is 1. The molecular formula is C21H28FN3OSn. The summed E-state index contributed by atoms with van der Waals surface area (Å²) in [5, 5.41) is 3.31. The van der Waals surface area contributed by atoms with Gasteiger partial charge in [-0.3, -0.25) is 0 Å². The van der Waals surface area contributed by atoms with Crippen molar-refractivity contribution in [1.82, 2.24) is 15.2 Å². The van der Waals surface area contributed by atoms with Crippen LogP contribution in [0, 0.1) is 5.82 Å². The molecule has 1 N–H and O–H groups in total. The third kappa shape index (κ3) is 6.28. The number of nitrogens with zero attached hydrogens (tertiary/aromatic N) is 2. The van der Waals surface area contributed by atoms with Crippen LogP contribution in [0.2, 0.25) is 0 Å². The molecule has 0 aliphatic heterocycles. The van der Waals surface area contributed by atoms with Gasteiger partial charge in [-0.2, -0.15) is 0 Å². The van der Waals surface area contributed by atoms with Gasteiger partial charge in [0.25, 0.3) is 0 Å². The van der Waals surface area contributed by atoms with Crippen LogP contribution in [0.15, 0.2) is 34.4 Å². The topological polar surface area (TPSA) is 45.2 Å². The van der Waals surface area contributed by atoms with Crippen molar-refractivity contribution in [3.63, 3.8) is 0 Å². The van der Waals surface area contributed by atoms with Gasteiger partial charge in [0.1, 0.15) is 0 Å². The maximum absolute atomic E-state index is 14.6. The summed E-state index contributed by atoms with van der Waals surface area (Å²) in [5.41, 5.74) is 0.649. The number of likely N-dealkylation sites (N-methyl/N-ethyl adjacent to an activating group) is 1. The zero-order valence-corrected chi connectivity index (χ0v) is 19.3. The van der Waals surface area contributed by atoms with Crippen molar-refractivity contribution in [2.45, 2.75) is 33.6 Å². The molecule has 0 aliphatic carbocycles. The SMILES string of the molecule is C=[C](CCC)[Sn][c]1ccc2nc(C(=O)NCCN(CC)CC)cc(F)c2c1. The van der Waals surface area contributed by atoms with E-state index in [0.717, 1.165) is 32.5 Å². The van der Waals surface area contributed by atoms with Crippen molar-refractivity contribution in [1.29, 1.82) is 0 Å². The van der Waals surface area contributed by atoms with Crippen LogP contribution < -0.4 is 8.90 Å². The first kappa shape index (κ1) is 21.8. The van der Waals surface area contributed by atoms with Crippen LogP contribution in [0.25, 0.3) is 10.9 Å². The van der Waals surface area contributed by atoms with E-state index in [4.69, 9.17) is 0 Å². The van der Waals surface area contributed by atoms with E-state index in [9.17, 15) is 9.18 Å². The Kier molecular flexibility index (Phi) is 8.70. The Labute approximate surface area is 171 Å². The van der Waals surface area contributed by atoms with Gasteiger partial charge in [-0.25, -0.2) is 0 Å². The first-order valence-corrected chi connectivity index (χ1v) is 12.4. The van der Waals surface area contributed by atoms with E-state index in [1.807, 2.05) is 18.2 Å². The van der Waals surface area contributed by atoms with Crippen molar-refractivity contribution >= 4 is 41.5 Å². The molecule has 2 aromatic rings. The van der Waals surface area contributed by atoms with Crippen LogP contribution in [0.1, 0.15) is 44.1 Å². The Hall–Kier alpha value is -1.47. The second-order valence-corrected chi connectivity index (χ2v) is 10.9. The average Bonchev–Trinajstić information content (AvgIpc) is 2.65. The van der Waals surface area contributed by atoms with Crippen LogP contribution in [0.4, 0.5) is 4.39 Å². The van der Waals surface area contributed by atoms with Gasteiger partial charge in [-0.1, -0.05) is 13.8 Å². The van der Waals surface area contributed by atoms with Crippen molar-refractivity contribution in [3.05, 3.63) is 45.9 Å². The monoisotopic (exact) mass is 477 g/mol. The summed E-state index contributed by atoms with van der Waals surface area (Å²) in [5.74, 6) is -0.726. The molecule has 1 amide bonds. The standard InChI is InChI=1S/C16H19FN3O.C5H9.Sn/c1-3-20(4-2)10-9-18-16(21)15-11-13(17)12-7-5-6-8-14(12)19-15;1-3-5-4-2;/h6-8,11H,3-4,9-10H2,1-2H3,(H,18,21);1,4-5H2,2H3;. The summed E-state index contributed by atoms with van der Waals surface area (Å²) < 4.78 is 17.1. The molecule has 1 heterocycles. The Balaban J connectivity index is 2.11. The molecule has 0 unspecified atom stereocenters. The molecule has 0 bridgehead atoms. The molecule has 0 aliphatic rings. The summed E-state index contributed by atoms with van der Waals surface area (Å²) >= 11 is -0.928. The number of nitrogens with one attached hydrogen (secondary N) is 1. The fourth-order valence-electron chi connectivity index (χ4n) is 2.91. The van der Waals surface area contributed by atoms with Crippen molar-refractivity contribution < 1.29 is 9.18 Å². The van der Waals surface area contributed by atoms with Gasteiger partial charge in [0.15, 0.2) is 0 Å². The molecule has 1 aromatic heterocycles. The van der Waals surface area contributed by atoms with Crippen molar-refractivity contribution in [2.75, 3.05) is 26.2 Å². The summed E-state index contributed by atoms with van der Waals surface area (Å²) in [6.45, 7) is 13.6. The average molecular weight is 476 g/mol. The summed E-state index contributed by atoms with van der Waals surface area (Å²) in [6.07, 6.45) is 2.13. The Morgan fingerprint density at radius 3 is 2.67 bits per heavy atom. The first-order chi connectivity index (χ1) is 13.0. The van der Waals surface area contributed by atoms with Crippen molar-refractivity contribution in [3.8, 4) is 0 Å². The van der Waals surface area contributed by atoms with Gasteiger partial charge in [-0.05, 0) is 0 Å². The number of benzene rings is 1. The molecule has 0 saturated heterocycles. The third-order valence-corrected chi connectivity index (χ3v) is 7.91. The quantitative estimate of drug-likeness (QED) is 0.537. The minimum absolute atomic E-state index is 0.127. The summed E-state index contributed by atoms with van der Waals surface area (Å²) in [7, 11) is 0. The zero-order valence-electron chi connectivity index (χ0n) is 16.4. The molecule has 2 rings (SSSR count). The maximum atomic E-state index is 14.6. The summed E-state index contributed by atoms with van der Waals surface area (Å²) in [4.78, 5) is 18.9. The molecule has 4 nitrogen and oxygen atoms in total. The Morgan fingerprint density at radius 2 is 2.00 bits per heavy atom. The van der Waals surface area contributed by atoms with Gasteiger partial charge in [0.05, 0.1) is 0 Å². The molecule has 144 valence electrons. The number of carbonyl (C=O) groups is 1. The molecule has 0 fully saturated rings. The molecule has 0 spiro atoms. The predicted octanol–water partition coefficient (Wildman–Crippen LogP) is 3.09. The molecule has 0 saturated carbocycles. The second kappa shape index (κ2) is 10.8. The van der Waals surface area contributed by atoms with Crippen LogP contribution in [0.3, 0.4) is 0 Å². The number of fused-ring (bicyclic) bond motifs is 1. The number of amides is 1. The molecule has 27 heavy (non-hydrogen) atoms. The van der Waals surface area contributed by atoms with Crippen LogP contribution in [-0.2, 0) is 0 Å². The normalized spacial score (nSPS) is 11.1. The second-order valence-electron chi connectivity index (χ2n) is 6.48. The molecule has 0 atom stereocenters. The number of hydrogen-bond donors (Lipinski definition) is 1. The number of halogens is 1. The molecular weight excluding hydrogens is 448 g/mol. The van der Waals surface area contributed by atoms with E-state index in [0.29, 0.717) is 17.4 Å². The zero-order chi connectivity index (χ0) is 19.8. The van der Waals surface area contributed by atoms with Crippen LogP contribution in [0.5, 0.6) is 0 Å².